The number of Topliss-reactive ketones (excluding diaryl/α,β-unsaturated/α-hetero) is 1. The minimum absolute atomic E-state index is 0.00990. The standard InChI is InChI=1S/C20H34N4O4/c1-6-24(10-9-23(4)5)19(26)14-21-13-18-12-17(7-8-22-18)20(27)28-16(3)11-15(2)25/h7-8,12,16,20-21,27H,6,9-11,13-14H2,1-5H3. The Morgan fingerprint density at radius 1 is 1.32 bits per heavy atom. The van der Waals surface area contributed by atoms with Crippen molar-refractivity contribution in [2.24, 2.45) is 0 Å². The van der Waals surface area contributed by atoms with E-state index >= 15 is 0 Å². The summed E-state index contributed by atoms with van der Waals surface area (Å²) >= 11 is 0. The van der Waals surface area contributed by atoms with Gasteiger partial charge in [-0.25, -0.2) is 0 Å². The number of aliphatic hydroxyl groups excluding tert-OH is 1. The van der Waals surface area contributed by atoms with E-state index in [1.165, 1.54) is 6.92 Å². The highest BCUT2D eigenvalue weighted by molar-refractivity contribution is 5.78. The van der Waals surface area contributed by atoms with Crippen LogP contribution in [0.2, 0.25) is 0 Å². The average molecular weight is 395 g/mol. The molecule has 8 heteroatoms. The lowest BCUT2D eigenvalue weighted by molar-refractivity contribution is -0.143. The minimum atomic E-state index is -1.13. The SMILES string of the molecule is CCN(CCN(C)C)C(=O)CNCc1cc(C(O)OC(C)CC(C)=O)ccn1. The number of ketones is 1. The number of nitrogens with one attached hydrogen (secondary N) is 1. The number of nitrogens with zero attached hydrogens (tertiary/aromatic N) is 3. The molecule has 2 atom stereocenters. The molecule has 2 N–H and O–H groups in total. The molecule has 0 saturated heterocycles. The average Bonchev–Trinajstić information content (AvgIpc) is 2.61. The number of hydrogen-bond acceptors (Lipinski definition) is 7. The molecule has 1 aromatic heterocycles. The van der Waals surface area contributed by atoms with E-state index in [0.717, 1.165) is 6.54 Å². The van der Waals surface area contributed by atoms with E-state index in [4.69, 9.17) is 4.74 Å². The van der Waals surface area contributed by atoms with Gasteiger partial charge in [0, 0.05) is 44.4 Å². The second-order valence-corrected chi connectivity index (χ2v) is 7.17. The van der Waals surface area contributed by atoms with Crippen molar-refractivity contribution in [2.45, 2.75) is 46.1 Å². The Labute approximate surface area is 167 Å². The number of aliphatic hydroxyl groups is 1. The molecule has 0 saturated carbocycles. The van der Waals surface area contributed by atoms with Crippen molar-refractivity contribution >= 4 is 11.7 Å². The normalized spacial score (nSPS) is 13.4. The maximum atomic E-state index is 12.3. The first kappa shape index (κ1) is 24.2. The first-order chi connectivity index (χ1) is 13.2. The van der Waals surface area contributed by atoms with E-state index < -0.39 is 6.29 Å². The molecule has 0 aliphatic heterocycles. The second kappa shape index (κ2) is 12.6. The van der Waals surface area contributed by atoms with Crippen molar-refractivity contribution in [3.8, 4) is 0 Å². The van der Waals surface area contributed by atoms with Crippen molar-refractivity contribution in [1.82, 2.24) is 20.1 Å². The van der Waals surface area contributed by atoms with Crippen molar-refractivity contribution in [3.63, 3.8) is 0 Å². The Hall–Kier alpha value is -1.87. The maximum Gasteiger partial charge on any atom is 0.236 e. The fourth-order valence-electron chi connectivity index (χ4n) is 2.69. The van der Waals surface area contributed by atoms with Gasteiger partial charge in [-0.2, -0.15) is 0 Å². The lowest BCUT2D eigenvalue weighted by atomic mass is 10.2. The van der Waals surface area contributed by atoms with Gasteiger partial charge in [0.25, 0.3) is 0 Å². The number of amides is 1. The van der Waals surface area contributed by atoms with Gasteiger partial charge in [-0.15, -0.1) is 0 Å². The molecule has 1 heterocycles. The monoisotopic (exact) mass is 394 g/mol. The summed E-state index contributed by atoms with van der Waals surface area (Å²) in [4.78, 5) is 31.5. The summed E-state index contributed by atoms with van der Waals surface area (Å²) < 4.78 is 5.46. The summed E-state index contributed by atoms with van der Waals surface area (Å²) in [5.74, 6) is 0.0534. The molecule has 2 unspecified atom stereocenters. The van der Waals surface area contributed by atoms with Crippen LogP contribution in [0.1, 0.15) is 44.7 Å². The minimum Gasteiger partial charge on any atom is -0.364 e. The fourth-order valence-corrected chi connectivity index (χ4v) is 2.69. The number of carbonyl (C=O) groups excluding carboxylic acids is 2. The van der Waals surface area contributed by atoms with E-state index in [1.807, 2.05) is 30.8 Å². The summed E-state index contributed by atoms with van der Waals surface area (Å²) in [6.07, 6.45) is 0.341. The van der Waals surface area contributed by atoms with E-state index in [9.17, 15) is 14.7 Å². The number of likely N-dealkylation sites (N-methyl/N-ethyl adjacent to an activating group) is 2. The van der Waals surface area contributed by atoms with Crippen molar-refractivity contribution in [3.05, 3.63) is 29.6 Å². The molecular formula is C20H34N4O4. The number of carbonyl (C=O) groups is 2. The van der Waals surface area contributed by atoms with Crippen molar-refractivity contribution in [1.29, 1.82) is 0 Å². The third-order valence-electron chi connectivity index (χ3n) is 4.20. The Morgan fingerprint density at radius 2 is 2.04 bits per heavy atom. The molecular weight excluding hydrogens is 360 g/mol. The summed E-state index contributed by atoms with van der Waals surface area (Å²) in [5.41, 5.74) is 1.26. The van der Waals surface area contributed by atoms with Gasteiger partial charge in [0.1, 0.15) is 5.78 Å². The Balaban J connectivity index is 2.51. The Kier molecular flexibility index (Phi) is 10.8. The number of rotatable bonds is 13. The quantitative estimate of drug-likeness (QED) is 0.481. The molecule has 28 heavy (non-hydrogen) atoms. The van der Waals surface area contributed by atoms with Gasteiger partial charge in [0.15, 0.2) is 6.29 Å². The Morgan fingerprint density at radius 3 is 2.64 bits per heavy atom. The van der Waals surface area contributed by atoms with E-state index in [0.29, 0.717) is 30.9 Å². The second-order valence-electron chi connectivity index (χ2n) is 7.17. The highest BCUT2D eigenvalue weighted by Gasteiger charge is 2.15. The van der Waals surface area contributed by atoms with Gasteiger partial charge >= 0.3 is 0 Å². The van der Waals surface area contributed by atoms with E-state index in [-0.39, 0.29) is 30.8 Å². The predicted octanol–water partition coefficient (Wildman–Crippen LogP) is 0.956. The number of pyridine rings is 1. The topological polar surface area (TPSA) is 95.0 Å². The highest BCUT2D eigenvalue weighted by Crippen LogP contribution is 2.17. The first-order valence-electron chi connectivity index (χ1n) is 9.63. The van der Waals surface area contributed by atoms with Gasteiger partial charge in [-0.05, 0) is 47.0 Å². The summed E-state index contributed by atoms with van der Waals surface area (Å²) in [7, 11) is 3.96. The third-order valence-corrected chi connectivity index (χ3v) is 4.20. The smallest absolute Gasteiger partial charge is 0.236 e. The van der Waals surface area contributed by atoms with Crippen LogP contribution in [0.5, 0.6) is 0 Å². The van der Waals surface area contributed by atoms with Crippen LogP contribution >= 0.6 is 0 Å². The summed E-state index contributed by atoms with van der Waals surface area (Å²) in [6, 6.07) is 3.39. The van der Waals surface area contributed by atoms with Crippen LogP contribution in [-0.4, -0.2) is 78.0 Å². The molecule has 158 valence electrons. The molecule has 0 aromatic carbocycles. The first-order valence-corrected chi connectivity index (χ1v) is 9.63. The lowest BCUT2D eigenvalue weighted by Crippen LogP contribution is -2.41. The zero-order valence-electron chi connectivity index (χ0n) is 17.6. The molecule has 1 rings (SSSR count). The number of hydrogen-bond donors (Lipinski definition) is 2. The van der Waals surface area contributed by atoms with Crippen LogP contribution in [0.25, 0.3) is 0 Å². The predicted molar refractivity (Wildman–Crippen MR) is 108 cm³/mol. The summed E-state index contributed by atoms with van der Waals surface area (Å²) in [5, 5.41) is 13.3. The molecule has 1 aromatic rings. The van der Waals surface area contributed by atoms with Crippen LogP contribution in [0.3, 0.4) is 0 Å². The van der Waals surface area contributed by atoms with Crippen LogP contribution in [0.15, 0.2) is 18.3 Å². The maximum absolute atomic E-state index is 12.3. The van der Waals surface area contributed by atoms with Crippen molar-refractivity contribution < 1.29 is 19.4 Å². The molecule has 0 radical (unpaired) electrons. The molecule has 0 aliphatic carbocycles. The highest BCUT2D eigenvalue weighted by atomic mass is 16.6. The van der Waals surface area contributed by atoms with Gasteiger partial charge in [-0.3, -0.25) is 14.6 Å². The van der Waals surface area contributed by atoms with Gasteiger partial charge < -0.3 is 25.0 Å². The fraction of sp³-hybridized carbons (Fsp3) is 0.650. The molecule has 0 aliphatic rings. The zero-order chi connectivity index (χ0) is 21.1. The van der Waals surface area contributed by atoms with Crippen LogP contribution in [0, 0.1) is 0 Å². The third kappa shape index (κ3) is 9.36. The number of aromatic nitrogens is 1. The molecule has 0 fully saturated rings. The van der Waals surface area contributed by atoms with Gasteiger partial charge in [-0.1, -0.05) is 0 Å². The molecule has 1 amide bonds. The van der Waals surface area contributed by atoms with Crippen molar-refractivity contribution in [2.75, 3.05) is 40.3 Å². The van der Waals surface area contributed by atoms with E-state index in [2.05, 4.69) is 10.3 Å². The van der Waals surface area contributed by atoms with Crippen LogP contribution < -0.4 is 5.32 Å². The Bertz CT molecular complexity index is 624. The largest absolute Gasteiger partial charge is 0.364 e. The van der Waals surface area contributed by atoms with Crippen LogP contribution in [-0.2, 0) is 20.9 Å². The van der Waals surface area contributed by atoms with Gasteiger partial charge in [0.2, 0.25) is 5.91 Å². The van der Waals surface area contributed by atoms with Crippen LogP contribution in [0.4, 0.5) is 0 Å². The zero-order valence-corrected chi connectivity index (χ0v) is 17.6. The van der Waals surface area contributed by atoms with Gasteiger partial charge in [0.05, 0.1) is 18.3 Å². The molecule has 8 nitrogen and oxygen atoms in total. The number of ether oxygens (including phenoxy) is 1. The summed E-state index contributed by atoms with van der Waals surface area (Å²) in [6.45, 7) is 8.02. The molecule has 0 bridgehead atoms. The lowest BCUT2D eigenvalue weighted by Gasteiger charge is -2.23. The van der Waals surface area contributed by atoms with E-state index in [1.54, 1.807) is 25.3 Å². The molecule has 0 spiro atoms.